The first-order valence-electron chi connectivity index (χ1n) is 25.7. The second kappa shape index (κ2) is 18.2. The highest BCUT2D eigenvalue weighted by Crippen LogP contribution is 2.55. The van der Waals surface area contributed by atoms with Crippen molar-refractivity contribution in [3.63, 3.8) is 0 Å². The third kappa shape index (κ3) is 7.18. The molecule has 0 fully saturated rings. The molecule has 358 valence electrons. The summed E-state index contributed by atoms with van der Waals surface area (Å²) in [5.74, 6) is 0. The van der Waals surface area contributed by atoms with E-state index in [0.29, 0.717) is 0 Å². The molecule has 0 unspecified atom stereocenters. The largest absolute Gasteiger partial charge is 0.309 e. The van der Waals surface area contributed by atoms with Crippen LogP contribution in [0.2, 0.25) is 0 Å². The summed E-state index contributed by atoms with van der Waals surface area (Å²) < 4.78 is 7.23. The van der Waals surface area contributed by atoms with Crippen molar-refractivity contribution in [3.05, 3.63) is 278 Å². The predicted molar refractivity (Wildman–Crippen MR) is 326 cm³/mol. The van der Waals surface area contributed by atoms with Gasteiger partial charge in [0.2, 0.25) is 0 Å². The van der Waals surface area contributed by atoms with E-state index in [0.717, 1.165) is 34.1 Å². The molecular formula is C70H46N4S2. The molecule has 11 aromatic carbocycles. The molecule has 0 aliphatic rings. The van der Waals surface area contributed by atoms with Crippen molar-refractivity contribution in [1.29, 1.82) is 0 Å². The van der Waals surface area contributed by atoms with E-state index < -0.39 is 0 Å². The molecule has 4 aromatic heterocycles. The fourth-order valence-electron chi connectivity index (χ4n) is 11.6. The van der Waals surface area contributed by atoms with Gasteiger partial charge in [-0.1, -0.05) is 158 Å². The molecule has 76 heavy (non-hydrogen) atoms. The highest BCUT2D eigenvalue weighted by atomic mass is 32.1. The molecular weight excluding hydrogens is 961 g/mol. The molecule has 0 bridgehead atoms. The lowest BCUT2D eigenvalue weighted by Crippen LogP contribution is -2.13. The second-order valence-corrected chi connectivity index (χ2v) is 21.1. The zero-order valence-corrected chi connectivity index (χ0v) is 42.8. The van der Waals surface area contributed by atoms with Crippen molar-refractivity contribution < 1.29 is 0 Å². The van der Waals surface area contributed by atoms with Gasteiger partial charge in [0.25, 0.3) is 0 Å². The number of para-hydroxylation sites is 4. The molecule has 15 rings (SSSR count). The van der Waals surface area contributed by atoms with Crippen LogP contribution in [0.3, 0.4) is 0 Å². The first kappa shape index (κ1) is 44.1. The number of hydrogen-bond donors (Lipinski definition) is 0. The highest BCUT2D eigenvalue weighted by Gasteiger charge is 2.28. The van der Waals surface area contributed by atoms with E-state index in [1.165, 1.54) is 97.4 Å². The van der Waals surface area contributed by atoms with E-state index in [-0.39, 0.29) is 0 Å². The van der Waals surface area contributed by atoms with Crippen molar-refractivity contribution in [1.82, 2.24) is 9.13 Å². The Morgan fingerprint density at radius 1 is 0.250 bits per heavy atom. The minimum absolute atomic E-state index is 1.09. The summed E-state index contributed by atoms with van der Waals surface area (Å²) in [6.07, 6.45) is 0. The quantitative estimate of drug-likeness (QED) is 0.127. The molecule has 0 spiro atoms. The molecule has 4 heterocycles. The normalized spacial score (nSPS) is 11.7. The standard InChI is InChI=1S/C70H46N4S2/c1-5-17-47(18-6-1)49-29-33-53(34-30-49)71(55-37-39-65-61(45-55)57-25-13-15-27-63(57)73(65)51-21-9-3-10-22-51)67-59-41-43-76-70(59)68(60-42-44-75-69(60)67)72(54-35-31-50(32-36-54)48-19-7-2-8-20-48)56-38-40-66-62(46-56)58-26-14-16-28-64(58)74(66)52-23-11-4-12-24-52/h1-46H. The van der Waals surface area contributed by atoms with Crippen LogP contribution in [-0.2, 0) is 0 Å². The van der Waals surface area contributed by atoms with E-state index in [1.54, 1.807) is 0 Å². The Kier molecular flexibility index (Phi) is 10.5. The Labute approximate surface area is 448 Å². The maximum Gasteiger partial charge on any atom is 0.0728 e. The van der Waals surface area contributed by atoms with Crippen molar-refractivity contribution >= 4 is 121 Å². The highest BCUT2D eigenvalue weighted by molar-refractivity contribution is 7.20. The van der Waals surface area contributed by atoms with E-state index in [1.807, 2.05) is 22.7 Å². The average molecular weight is 1010 g/mol. The van der Waals surface area contributed by atoms with Crippen molar-refractivity contribution in [2.45, 2.75) is 0 Å². The molecule has 4 nitrogen and oxygen atoms in total. The van der Waals surface area contributed by atoms with Crippen molar-refractivity contribution in [2.75, 3.05) is 9.80 Å². The Morgan fingerprint density at radius 2 is 0.579 bits per heavy atom. The third-order valence-corrected chi connectivity index (χ3v) is 16.9. The second-order valence-electron chi connectivity index (χ2n) is 19.3. The van der Waals surface area contributed by atoms with Crippen molar-refractivity contribution in [3.8, 4) is 33.6 Å². The molecule has 0 amide bonds. The van der Waals surface area contributed by atoms with Gasteiger partial charge < -0.3 is 18.9 Å². The number of thiophene rings is 2. The summed E-state index contributed by atoms with van der Waals surface area (Å²) in [5, 5.41) is 11.8. The monoisotopic (exact) mass is 1010 g/mol. The van der Waals surface area contributed by atoms with Crippen LogP contribution in [0.5, 0.6) is 0 Å². The van der Waals surface area contributed by atoms with E-state index in [9.17, 15) is 0 Å². The molecule has 15 aromatic rings. The Balaban J connectivity index is 0.975. The molecule has 0 saturated heterocycles. The van der Waals surface area contributed by atoms with Gasteiger partial charge >= 0.3 is 0 Å². The molecule has 0 atom stereocenters. The lowest BCUT2D eigenvalue weighted by Gasteiger charge is -2.31. The molecule has 0 aliphatic carbocycles. The number of aromatic nitrogens is 2. The van der Waals surface area contributed by atoms with Crippen molar-refractivity contribution in [2.24, 2.45) is 0 Å². The lowest BCUT2D eigenvalue weighted by atomic mass is 10.0. The van der Waals surface area contributed by atoms with Gasteiger partial charge in [-0.05, 0) is 142 Å². The fraction of sp³-hybridized carbons (Fsp3) is 0. The van der Waals surface area contributed by atoms with E-state index in [4.69, 9.17) is 0 Å². The molecule has 6 heteroatoms. The number of anilines is 6. The summed E-state index contributed by atoms with van der Waals surface area (Å²) >= 11 is 3.63. The minimum atomic E-state index is 1.09. The average Bonchev–Trinajstić information content (AvgIpc) is 4.41. The van der Waals surface area contributed by atoms with Crippen LogP contribution in [0.15, 0.2) is 278 Å². The molecule has 0 radical (unpaired) electrons. The first-order chi connectivity index (χ1) is 37.7. The maximum atomic E-state index is 2.52. The van der Waals surface area contributed by atoms with Crippen LogP contribution in [0, 0.1) is 0 Å². The summed E-state index contributed by atoms with van der Waals surface area (Å²) in [6.45, 7) is 0. The van der Waals surface area contributed by atoms with E-state index >= 15 is 0 Å². The maximum absolute atomic E-state index is 2.52. The van der Waals surface area contributed by atoms with Gasteiger partial charge in [-0.25, -0.2) is 0 Å². The summed E-state index contributed by atoms with van der Waals surface area (Å²) in [5.41, 5.74) is 18.5. The van der Waals surface area contributed by atoms with Crippen LogP contribution in [0.1, 0.15) is 0 Å². The Bertz CT molecular complexity index is 4270. The molecule has 0 aliphatic heterocycles. The third-order valence-electron chi connectivity index (χ3n) is 15.0. The number of hydrogen-bond acceptors (Lipinski definition) is 4. The fourth-order valence-corrected chi connectivity index (χ4v) is 13.5. The Morgan fingerprint density at radius 3 is 0.987 bits per heavy atom. The molecule has 0 saturated carbocycles. The zero-order chi connectivity index (χ0) is 50.1. The lowest BCUT2D eigenvalue weighted by molar-refractivity contribution is 1.18. The topological polar surface area (TPSA) is 16.3 Å². The van der Waals surface area contributed by atoms with Crippen LogP contribution in [0.25, 0.3) is 97.4 Å². The summed E-state index contributed by atoms with van der Waals surface area (Å²) in [6, 6.07) is 97.5. The number of benzene rings is 11. The van der Waals surface area contributed by atoms with Gasteiger partial charge in [0.05, 0.1) is 42.8 Å². The molecule has 0 N–H and O–H groups in total. The van der Waals surface area contributed by atoms with Gasteiger partial charge in [-0.2, -0.15) is 0 Å². The minimum Gasteiger partial charge on any atom is -0.309 e. The SMILES string of the molecule is c1ccc(-c2ccc(N(c3ccc4c(c3)c3ccccc3n4-c3ccccc3)c3c4ccsc4c(N(c4ccc(-c5ccccc5)cc4)c4ccc5c(c4)c4ccccc4n5-c4ccccc4)c4ccsc34)cc2)cc1. The summed E-state index contributed by atoms with van der Waals surface area (Å²) in [4.78, 5) is 5.04. The van der Waals surface area contributed by atoms with Gasteiger partial charge in [0.15, 0.2) is 0 Å². The van der Waals surface area contributed by atoms with E-state index in [2.05, 4.69) is 297 Å². The van der Waals surface area contributed by atoms with Gasteiger partial charge in [-0.3, -0.25) is 0 Å². The number of fused-ring (bicyclic) bond motifs is 8. The van der Waals surface area contributed by atoms with Crippen LogP contribution in [-0.4, -0.2) is 9.13 Å². The Hall–Kier alpha value is -9.46. The smallest absolute Gasteiger partial charge is 0.0728 e. The van der Waals surface area contributed by atoms with Gasteiger partial charge in [0, 0.05) is 66.4 Å². The van der Waals surface area contributed by atoms with Crippen LogP contribution < -0.4 is 9.80 Å². The van der Waals surface area contributed by atoms with Gasteiger partial charge in [0.1, 0.15) is 0 Å². The zero-order valence-electron chi connectivity index (χ0n) is 41.2. The van der Waals surface area contributed by atoms with Crippen LogP contribution >= 0.6 is 22.7 Å². The van der Waals surface area contributed by atoms with Crippen LogP contribution in [0.4, 0.5) is 34.1 Å². The first-order valence-corrected chi connectivity index (χ1v) is 27.5. The summed E-state index contributed by atoms with van der Waals surface area (Å²) in [7, 11) is 0. The predicted octanol–water partition coefficient (Wildman–Crippen LogP) is 20.6. The van der Waals surface area contributed by atoms with Gasteiger partial charge in [-0.15, -0.1) is 22.7 Å². The number of rotatable bonds is 10. The number of nitrogens with zero attached hydrogens (tertiary/aromatic N) is 4.